The van der Waals surface area contributed by atoms with Gasteiger partial charge in [0.1, 0.15) is 10.8 Å². The van der Waals surface area contributed by atoms with Gasteiger partial charge in [0.15, 0.2) is 6.61 Å². The summed E-state index contributed by atoms with van der Waals surface area (Å²) in [5.74, 6) is 0.255. The second-order valence-corrected chi connectivity index (χ2v) is 7.92. The van der Waals surface area contributed by atoms with Crippen molar-refractivity contribution in [2.45, 2.75) is 12.3 Å². The van der Waals surface area contributed by atoms with Crippen LogP contribution in [0.5, 0.6) is 5.75 Å². The first-order valence-corrected chi connectivity index (χ1v) is 10.1. The number of benzene rings is 2. The first kappa shape index (κ1) is 19.4. The summed E-state index contributed by atoms with van der Waals surface area (Å²) in [7, 11) is 0. The molecule has 9 heteroatoms. The minimum absolute atomic E-state index is 0.0226. The lowest BCUT2D eigenvalue weighted by Crippen LogP contribution is -2.24. The molecular formula is C20H17ClN4O3S. The molecule has 2 heterocycles. The van der Waals surface area contributed by atoms with Crippen LogP contribution in [0.3, 0.4) is 0 Å². The van der Waals surface area contributed by atoms with Crippen LogP contribution in [-0.4, -0.2) is 35.2 Å². The van der Waals surface area contributed by atoms with Crippen molar-refractivity contribution >= 4 is 45.6 Å². The summed E-state index contributed by atoms with van der Waals surface area (Å²) in [6.07, 6.45) is 0.350. The molecule has 1 fully saturated rings. The molecule has 0 bridgehead atoms. The number of carbonyl (C=O) groups is 2. The Morgan fingerprint density at radius 1 is 1.17 bits per heavy atom. The fourth-order valence-corrected chi connectivity index (χ4v) is 3.99. The van der Waals surface area contributed by atoms with E-state index in [0.29, 0.717) is 33.9 Å². The van der Waals surface area contributed by atoms with Crippen molar-refractivity contribution < 1.29 is 14.3 Å². The van der Waals surface area contributed by atoms with Crippen molar-refractivity contribution in [2.75, 3.05) is 23.4 Å². The predicted molar refractivity (Wildman–Crippen MR) is 112 cm³/mol. The second-order valence-electron chi connectivity index (χ2n) is 6.48. The number of amides is 2. The fourth-order valence-electron chi connectivity index (χ4n) is 3.01. The number of anilines is 2. The normalized spacial score (nSPS) is 16.1. The van der Waals surface area contributed by atoms with Gasteiger partial charge in [-0.3, -0.25) is 14.9 Å². The zero-order chi connectivity index (χ0) is 20.2. The monoisotopic (exact) mass is 428 g/mol. The largest absolute Gasteiger partial charge is 0.484 e. The molecule has 1 aliphatic heterocycles. The Labute approximate surface area is 176 Å². The lowest BCUT2D eigenvalue weighted by atomic mass is 10.1. The fraction of sp³-hybridized carbons (Fsp3) is 0.200. The Kier molecular flexibility index (Phi) is 5.73. The SMILES string of the molecule is O=C(COc1ccccc1)Nc1nnc([C@H]2CC(=O)N(c3ccc(Cl)cc3)C2)s1. The van der Waals surface area contributed by atoms with Crippen LogP contribution in [0.1, 0.15) is 17.3 Å². The molecule has 29 heavy (non-hydrogen) atoms. The van der Waals surface area contributed by atoms with Crippen LogP contribution in [0.2, 0.25) is 5.02 Å². The second kappa shape index (κ2) is 8.59. The molecule has 1 aromatic heterocycles. The number of aromatic nitrogens is 2. The van der Waals surface area contributed by atoms with Gasteiger partial charge in [-0.2, -0.15) is 0 Å². The number of ether oxygens (including phenoxy) is 1. The minimum Gasteiger partial charge on any atom is -0.484 e. The maximum atomic E-state index is 12.4. The highest BCUT2D eigenvalue weighted by molar-refractivity contribution is 7.15. The van der Waals surface area contributed by atoms with Gasteiger partial charge in [-0.05, 0) is 36.4 Å². The van der Waals surface area contributed by atoms with E-state index in [4.69, 9.17) is 16.3 Å². The van der Waals surface area contributed by atoms with Gasteiger partial charge in [0.2, 0.25) is 11.0 Å². The molecule has 3 aromatic rings. The number of hydrogen-bond acceptors (Lipinski definition) is 6. The van der Waals surface area contributed by atoms with Crippen LogP contribution in [0.15, 0.2) is 54.6 Å². The van der Waals surface area contributed by atoms with Crippen molar-refractivity contribution in [2.24, 2.45) is 0 Å². The van der Waals surface area contributed by atoms with Gasteiger partial charge < -0.3 is 9.64 Å². The van der Waals surface area contributed by atoms with Crippen LogP contribution >= 0.6 is 22.9 Å². The standard InChI is InChI=1S/C20H17ClN4O3S/c21-14-6-8-15(9-7-14)25-11-13(10-18(25)27)19-23-24-20(29-19)22-17(26)12-28-16-4-2-1-3-5-16/h1-9,13H,10-12H2,(H,22,24,26)/t13-/m0/s1. The average molecular weight is 429 g/mol. The maximum absolute atomic E-state index is 12.4. The molecule has 0 radical (unpaired) electrons. The molecule has 2 amide bonds. The summed E-state index contributed by atoms with van der Waals surface area (Å²) in [6.45, 7) is 0.394. The van der Waals surface area contributed by atoms with E-state index >= 15 is 0 Å². The Hall–Kier alpha value is -2.97. The molecule has 1 N–H and O–H groups in total. The van der Waals surface area contributed by atoms with Crippen LogP contribution < -0.4 is 15.0 Å². The number of halogens is 1. The Balaban J connectivity index is 1.34. The summed E-state index contributed by atoms with van der Waals surface area (Å²) in [4.78, 5) is 26.2. The van der Waals surface area contributed by atoms with Gasteiger partial charge in [0.05, 0.1) is 0 Å². The van der Waals surface area contributed by atoms with Crippen molar-refractivity contribution in [3.05, 3.63) is 64.6 Å². The first-order valence-electron chi connectivity index (χ1n) is 8.95. The molecule has 0 saturated carbocycles. The van der Waals surface area contributed by atoms with Crippen LogP contribution in [0.25, 0.3) is 0 Å². The Morgan fingerprint density at radius 3 is 2.69 bits per heavy atom. The van der Waals surface area contributed by atoms with E-state index in [-0.39, 0.29) is 24.3 Å². The van der Waals surface area contributed by atoms with Crippen molar-refractivity contribution in [3.63, 3.8) is 0 Å². The van der Waals surface area contributed by atoms with E-state index in [9.17, 15) is 9.59 Å². The zero-order valence-electron chi connectivity index (χ0n) is 15.2. The molecule has 7 nitrogen and oxygen atoms in total. The lowest BCUT2D eigenvalue weighted by Gasteiger charge is -2.16. The molecule has 2 aromatic carbocycles. The molecular weight excluding hydrogens is 412 g/mol. The highest BCUT2D eigenvalue weighted by atomic mass is 35.5. The first-order chi connectivity index (χ1) is 14.1. The number of nitrogens with zero attached hydrogens (tertiary/aromatic N) is 3. The summed E-state index contributed by atoms with van der Waals surface area (Å²) in [6, 6.07) is 16.3. The Morgan fingerprint density at radius 2 is 1.93 bits per heavy atom. The quantitative estimate of drug-likeness (QED) is 0.646. The summed E-state index contributed by atoms with van der Waals surface area (Å²) in [5, 5.41) is 12.6. The topological polar surface area (TPSA) is 84.4 Å². The molecule has 148 valence electrons. The molecule has 1 saturated heterocycles. The van der Waals surface area contributed by atoms with Crippen molar-refractivity contribution in [3.8, 4) is 5.75 Å². The van der Waals surface area contributed by atoms with Crippen LogP contribution in [-0.2, 0) is 9.59 Å². The third-order valence-electron chi connectivity index (χ3n) is 4.41. The number of carbonyl (C=O) groups excluding carboxylic acids is 2. The molecule has 0 aliphatic carbocycles. The molecule has 0 unspecified atom stereocenters. The van der Waals surface area contributed by atoms with Crippen LogP contribution in [0.4, 0.5) is 10.8 Å². The van der Waals surface area contributed by atoms with E-state index in [1.807, 2.05) is 30.3 Å². The maximum Gasteiger partial charge on any atom is 0.264 e. The van der Waals surface area contributed by atoms with E-state index in [1.54, 1.807) is 29.2 Å². The van der Waals surface area contributed by atoms with E-state index < -0.39 is 0 Å². The highest BCUT2D eigenvalue weighted by Gasteiger charge is 2.34. The molecule has 1 aliphatic rings. The van der Waals surface area contributed by atoms with E-state index in [1.165, 1.54) is 11.3 Å². The predicted octanol–water partition coefficient (Wildman–Crippen LogP) is 3.73. The van der Waals surface area contributed by atoms with Crippen molar-refractivity contribution in [1.29, 1.82) is 0 Å². The molecule has 4 rings (SSSR count). The van der Waals surface area contributed by atoms with Gasteiger partial charge in [-0.15, -0.1) is 10.2 Å². The van der Waals surface area contributed by atoms with E-state index in [2.05, 4.69) is 15.5 Å². The van der Waals surface area contributed by atoms with Crippen LogP contribution in [0, 0.1) is 0 Å². The summed E-state index contributed by atoms with van der Waals surface area (Å²) < 4.78 is 5.42. The highest BCUT2D eigenvalue weighted by Crippen LogP contribution is 2.34. The van der Waals surface area contributed by atoms with Gasteiger partial charge in [0.25, 0.3) is 5.91 Å². The summed E-state index contributed by atoms with van der Waals surface area (Å²) in [5.41, 5.74) is 0.804. The third-order valence-corrected chi connectivity index (χ3v) is 5.67. The molecule has 1 atom stereocenters. The average Bonchev–Trinajstić information content (AvgIpc) is 3.34. The van der Waals surface area contributed by atoms with Gasteiger partial charge in [-0.25, -0.2) is 0 Å². The smallest absolute Gasteiger partial charge is 0.264 e. The van der Waals surface area contributed by atoms with Crippen molar-refractivity contribution in [1.82, 2.24) is 10.2 Å². The number of hydrogen-bond donors (Lipinski definition) is 1. The number of nitrogens with one attached hydrogen (secondary N) is 1. The lowest BCUT2D eigenvalue weighted by molar-refractivity contribution is -0.118. The zero-order valence-corrected chi connectivity index (χ0v) is 16.8. The third kappa shape index (κ3) is 4.72. The Bertz CT molecular complexity index is 1010. The van der Waals surface area contributed by atoms with Gasteiger partial charge >= 0.3 is 0 Å². The summed E-state index contributed by atoms with van der Waals surface area (Å²) >= 11 is 7.19. The van der Waals surface area contributed by atoms with Gasteiger partial charge in [0, 0.05) is 29.6 Å². The minimum atomic E-state index is -0.318. The molecule has 0 spiro atoms. The number of para-hydroxylation sites is 1. The van der Waals surface area contributed by atoms with Gasteiger partial charge in [-0.1, -0.05) is 41.1 Å². The van der Waals surface area contributed by atoms with E-state index in [0.717, 1.165) is 5.69 Å². The number of rotatable bonds is 6.